The Hall–Kier alpha value is -2.53. The monoisotopic (exact) mass is 393 g/mol. The first-order valence-electron chi connectivity index (χ1n) is 9.83. The highest BCUT2D eigenvalue weighted by Gasteiger charge is 2.31. The Bertz CT molecular complexity index is 1040. The van der Waals surface area contributed by atoms with Crippen molar-refractivity contribution >= 4 is 27.3 Å². The number of carbonyl (C=O) groups is 1. The third-order valence-corrected chi connectivity index (χ3v) is 6.84. The Kier molecular flexibility index (Phi) is 4.47. The van der Waals surface area contributed by atoms with E-state index in [0.29, 0.717) is 19.7 Å². The molecule has 0 saturated heterocycles. The van der Waals surface area contributed by atoms with Crippen LogP contribution < -0.4 is 9.47 Å². The van der Waals surface area contributed by atoms with Crippen molar-refractivity contribution in [2.75, 3.05) is 20.3 Å². The molecular weight excluding hydrogens is 370 g/mol. The van der Waals surface area contributed by atoms with Crippen molar-refractivity contribution in [3.05, 3.63) is 47.3 Å². The minimum absolute atomic E-state index is 0.201. The summed E-state index contributed by atoms with van der Waals surface area (Å²) >= 11 is 1.75. The average Bonchev–Trinajstić information content (AvgIpc) is 2.98. The third-order valence-electron chi connectivity index (χ3n) is 5.88. The largest absolute Gasteiger partial charge is 0.493 e. The van der Waals surface area contributed by atoms with Gasteiger partial charge < -0.3 is 14.4 Å². The standard InChI is InChI=1S/C23H23NO3S/c1-26-20-12-16(19-14-28-21-8-3-2-7-18(19)21)11-17-13-24(9-10-27-22(17)20)23(25)15-5-4-6-15/h2-3,7-8,11-12,14-15H,4-6,9-10,13H2,1H3. The lowest BCUT2D eigenvalue weighted by Gasteiger charge is -2.30. The van der Waals surface area contributed by atoms with Gasteiger partial charge in [0.15, 0.2) is 11.5 Å². The van der Waals surface area contributed by atoms with Crippen LogP contribution in [0.4, 0.5) is 0 Å². The number of amides is 1. The summed E-state index contributed by atoms with van der Waals surface area (Å²) in [6.07, 6.45) is 3.21. The summed E-state index contributed by atoms with van der Waals surface area (Å²) in [5.41, 5.74) is 3.33. The summed E-state index contributed by atoms with van der Waals surface area (Å²) in [4.78, 5) is 14.8. The maximum absolute atomic E-state index is 12.8. The van der Waals surface area contributed by atoms with E-state index in [2.05, 4.69) is 41.8 Å². The lowest BCUT2D eigenvalue weighted by atomic mass is 9.84. The first-order valence-corrected chi connectivity index (χ1v) is 10.7. The number of carbonyl (C=O) groups excluding carboxylic acids is 1. The van der Waals surface area contributed by atoms with Crippen LogP contribution in [0.1, 0.15) is 24.8 Å². The van der Waals surface area contributed by atoms with E-state index in [0.717, 1.165) is 35.5 Å². The molecule has 5 rings (SSSR count). The molecular formula is C23H23NO3S. The minimum Gasteiger partial charge on any atom is -0.493 e. The summed E-state index contributed by atoms with van der Waals surface area (Å²) < 4.78 is 13.0. The molecule has 0 bridgehead atoms. The second kappa shape index (κ2) is 7.13. The second-order valence-corrected chi connectivity index (χ2v) is 8.46. The van der Waals surface area contributed by atoms with Crippen LogP contribution in [-0.2, 0) is 11.3 Å². The summed E-state index contributed by atoms with van der Waals surface area (Å²) in [5, 5.41) is 3.44. The number of methoxy groups -OCH3 is 1. The van der Waals surface area contributed by atoms with Crippen LogP contribution >= 0.6 is 11.3 Å². The lowest BCUT2D eigenvalue weighted by molar-refractivity contribution is -0.138. The van der Waals surface area contributed by atoms with Gasteiger partial charge in [0.1, 0.15) is 6.61 Å². The van der Waals surface area contributed by atoms with Gasteiger partial charge in [0, 0.05) is 33.7 Å². The molecule has 0 atom stereocenters. The van der Waals surface area contributed by atoms with E-state index >= 15 is 0 Å². The molecule has 1 saturated carbocycles. The fourth-order valence-corrected chi connectivity index (χ4v) is 5.06. The normalized spacial score (nSPS) is 16.8. The molecule has 0 unspecified atom stereocenters. The van der Waals surface area contributed by atoms with Gasteiger partial charge in [-0.2, -0.15) is 0 Å². The van der Waals surface area contributed by atoms with Crippen LogP contribution in [0.3, 0.4) is 0 Å². The molecule has 1 aromatic heterocycles. The van der Waals surface area contributed by atoms with E-state index in [1.807, 2.05) is 4.90 Å². The molecule has 2 aromatic carbocycles. The number of ether oxygens (including phenoxy) is 2. The van der Waals surface area contributed by atoms with Crippen LogP contribution in [0, 0.1) is 5.92 Å². The first-order chi connectivity index (χ1) is 13.7. The number of benzene rings is 2. The zero-order valence-electron chi connectivity index (χ0n) is 15.9. The van der Waals surface area contributed by atoms with Crippen LogP contribution in [0.15, 0.2) is 41.8 Å². The van der Waals surface area contributed by atoms with Gasteiger partial charge in [0.2, 0.25) is 5.91 Å². The van der Waals surface area contributed by atoms with Gasteiger partial charge in [-0.05, 0) is 42.0 Å². The minimum atomic E-state index is 0.201. The molecule has 1 aliphatic heterocycles. The number of hydrogen-bond acceptors (Lipinski definition) is 4. The van der Waals surface area contributed by atoms with Crippen molar-refractivity contribution in [1.29, 1.82) is 0 Å². The average molecular weight is 394 g/mol. The molecule has 0 radical (unpaired) electrons. The number of rotatable bonds is 3. The Labute approximate surface area is 168 Å². The molecule has 4 nitrogen and oxygen atoms in total. The Morgan fingerprint density at radius 2 is 2.11 bits per heavy atom. The van der Waals surface area contributed by atoms with Crippen molar-refractivity contribution in [2.45, 2.75) is 25.8 Å². The molecule has 28 heavy (non-hydrogen) atoms. The molecule has 5 heteroatoms. The maximum atomic E-state index is 12.8. The summed E-state index contributed by atoms with van der Waals surface area (Å²) in [6.45, 7) is 1.71. The number of fused-ring (bicyclic) bond motifs is 2. The highest BCUT2D eigenvalue weighted by atomic mass is 32.1. The van der Waals surface area contributed by atoms with E-state index in [-0.39, 0.29) is 11.8 Å². The smallest absolute Gasteiger partial charge is 0.226 e. The van der Waals surface area contributed by atoms with E-state index < -0.39 is 0 Å². The van der Waals surface area contributed by atoms with Crippen molar-refractivity contribution in [3.63, 3.8) is 0 Å². The van der Waals surface area contributed by atoms with Crippen LogP contribution in [0.2, 0.25) is 0 Å². The fourth-order valence-electron chi connectivity index (χ4n) is 4.09. The van der Waals surface area contributed by atoms with Gasteiger partial charge in [-0.15, -0.1) is 11.3 Å². The van der Waals surface area contributed by atoms with Gasteiger partial charge in [-0.3, -0.25) is 4.79 Å². The van der Waals surface area contributed by atoms with Gasteiger partial charge >= 0.3 is 0 Å². The summed E-state index contributed by atoms with van der Waals surface area (Å²) in [7, 11) is 1.68. The van der Waals surface area contributed by atoms with Crippen LogP contribution in [0.5, 0.6) is 11.5 Å². The highest BCUT2D eigenvalue weighted by molar-refractivity contribution is 7.17. The van der Waals surface area contributed by atoms with E-state index in [1.54, 1.807) is 18.4 Å². The maximum Gasteiger partial charge on any atom is 0.226 e. The SMILES string of the molecule is COc1cc(-c2csc3ccccc23)cc2c1OCCN(C(=O)C1CCC1)C2. The molecule has 1 fully saturated rings. The Balaban J connectivity index is 1.56. The van der Waals surface area contributed by atoms with Gasteiger partial charge in [-0.25, -0.2) is 0 Å². The number of thiophene rings is 1. The third kappa shape index (κ3) is 2.94. The molecule has 2 aliphatic rings. The molecule has 1 aliphatic carbocycles. The molecule has 0 N–H and O–H groups in total. The Morgan fingerprint density at radius 3 is 2.89 bits per heavy atom. The van der Waals surface area contributed by atoms with Crippen molar-refractivity contribution in [3.8, 4) is 22.6 Å². The molecule has 2 heterocycles. The summed E-state index contributed by atoms with van der Waals surface area (Å²) in [6, 6.07) is 12.7. The first kappa shape index (κ1) is 17.6. The zero-order valence-corrected chi connectivity index (χ0v) is 16.8. The quantitative estimate of drug-likeness (QED) is 0.622. The topological polar surface area (TPSA) is 38.8 Å². The molecule has 144 valence electrons. The predicted octanol–water partition coefficient (Wildman–Crippen LogP) is 5.10. The van der Waals surface area contributed by atoms with Gasteiger partial charge in [-0.1, -0.05) is 24.6 Å². The van der Waals surface area contributed by atoms with Crippen molar-refractivity contribution in [2.24, 2.45) is 5.92 Å². The fraction of sp³-hybridized carbons (Fsp3) is 0.348. The van der Waals surface area contributed by atoms with Crippen LogP contribution in [-0.4, -0.2) is 31.1 Å². The molecule has 0 spiro atoms. The van der Waals surface area contributed by atoms with E-state index in [9.17, 15) is 4.79 Å². The lowest BCUT2D eigenvalue weighted by Crippen LogP contribution is -2.39. The molecule has 1 amide bonds. The highest BCUT2D eigenvalue weighted by Crippen LogP contribution is 2.42. The second-order valence-electron chi connectivity index (χ2n) is 7.55. The molecule has 3 aromatic rings. The van der Waals surface area contributed by atoms with E-state index in [4.69, 9.17) is 9.47 Å². The van der Waals surface area contributed by atoms with Crippen molar-refractivity contribution in [1.82, 2.24) is 4.90 Å². The number of nitrogens with zero attached hydrogens (tertiary/aromatic N) is 1. The van der Waals surface area contributed by atoms with Crippen LogP contribution in [0.25, 0.3) is 21.2 Å². The van der Waals surface area contributed by atoms with E-state index in [1.165, 1.54) is 22.1 Å². The van der Waals surface area contributed by atoms with Gasteiger partial charge in [0.25, 0.3) is 0 Å². The van der Waals surface area contributed by atoms with Crippen molar-refractivity contribution < 1.29 is 14.3 Å². The Morgan fingerprint density at radius 1 is 1.25 bits per heavy atom. The predicted molar refractivity (Wildman–Crippen MR) is 112 cm³/mol. The van der Waals surface area contributed by atoms with Gasteiger partial charge in [0.05, 0.1) is 13.7 Å². The summed E-state index contributed by atoms with van der Waals surface area (Å²) in [5.74, 6) is 1.98. The zero-order chi connectivity index (χ0) is 19.1. The number of hydrogen-bond donors (Lipinski definition) is 0.